The highest BCUT2D eigenvalue weighted by atomic mass is 16.5. The number of aryl methyl sites for hydroxylation is 1. The molecule has 0 saturated carbocycles. The van der Waals surface area contributed by atoms with Gasteiger partial charge >= 0.3 is 0 Å². The van der Waals surface area contributed by atoms with E-state index in [2.05, 4.69) is 36.1 Å². The van der Waals surface area contributed by atoms with E-state index in [1.54, 1.807) is 0 Å². The lowest BCUT2D eigenvalue weighted by Gasteiger charge is -2.32. The first kappa shape index (κ1) is 15.4. The van der Waals surface area contributed by atoms with E-state index in [-0.39, 0.29) is 6.17 Å². The monoisotopic (exact) mass is 284 g/mol. The van der Waals surface area contributed by atoms with Gasteiger partial charge in [0.05, 0.1) is 18.5 Å². The van der Waals surface area contributed by atoms with Crippen LogP contribution in [0.25, 0.3) is 0 Å². The van der Waals surface area contributed by atoms with Crippen LogP contribution in [0.15, 0.2) is 48.5 Å². The van der Waals surface area contributed by atoms with E-state index in [9.17, 15) is 0 Å². The quantitative estimate of drug-likeness (QED) is 0.812. The van der Waals surface area contributed by atoms with Crippen molar-refractivity contribution in [3.8, 4) is 5.75 Å². The molecule has 2 aromatic carbocycles. The number of anilines is 2. The lowest BCUT2D eigenvalue weighted by molar-refractivity contribution is 0.340. The van der Waals surface area contributed by atoms with Gasteiger partial charge in [-0.2, -0.15) is 0 Å². The maximum absolute atomic E-state index is 6.26. The first-order valence-corrected chi connectivity index (χ1v) is 7.53. The molecular formula is C18H24N2O. The van der Waals surface area contributed by atoms with Crippen molar-refractivity contribution in [3.05, 3.63) is 54.1 Å². The first-order chi connectivity index (χ1) is 10.2. The minimum atomic E-state index is -0.140. The Morgan fingerprint density at radius 3 is 2.24 bits per heavy atom. The third kappa shape index (κ3) is 3.37. The Kier molecular flexibility index (Phi) is 5.23. The number of para-hydroxylation sites is 3. The van der Waals surface area contributed by atoms with Gasteiger partial charge in [-0.05, 0) is 44.0 Å². The van der Waals surface area contributed by atoms with Crippen molar-refractivity contribution in [1.29, 1.82) is 0 Å². The van der Waals surface area contributed by atoms with Crippen molar-refractivity contribution < 1.29 is 4.74 Å². The molecule has 0 heterocycles. The summed E-state index contributed by atoms with van der Waals surface area (Å²) in [5, 5.41) is 0. The fourth-order valence-electron chi connectivity index (χ4n) is 2.55. The predicted molar refractivity (Wildman–Crippen MR) is 89.2 cm³/mol. The highest BCUT2D eigenvalue weighted by molar-refractivity contribution is 5.72. The molecule has 0 aliphatic carbocycles. The molecule has 2 rings (SSSR count). The number of nitrogens with zero attached hydrogens (tertiary/aromatic N) is 1. The molecule has 1 unspecified atom stereocenters. The highest BCUT2D eigenvalue weighted by Gasteiger charge is 2.19. The third-order valence-corrected chi connectivity index (χ3v) is 3.46. The average Bonchev–Trinajstić information content (AvgIpc) is 2.50. The molecule has 3 heteroatoms. The number of nitrogens with two attached hydrogens (primary N) is 1. The molecule has 2 N–H and O–H groups in total. The van der Waals surface area contributed by atoms with E-state index < -0.39 is 0 Å². The zero-order chi connectivity index (χ0) is 15.2. The Labute approximate surface area is 127 Å². The summed E-state index contributed by atoms with van der Waals surface area (Å²) in [7, 11) is 0. The van der Waals surface area contributed by atoms with Gasteiger partial charge in [0.1, 0.15) is 5.75 Å². The molecule has 1 atom stereocenters. The summed E-state index contributed by atoms with van der Waals surface area (Å²) < 4.78 is 5.77. The number of rotatable bonds is 6. The third-order valence-electron chi connectivity index (χ3n) is 3.46. The second-order valence-electron chi connectivity index (χ2n) is 4.99. The van der Waals surface area contributed by atoms with E-state index in [1.807, 2.05) is 38.1 Å². The molecule has 2 aromatic rings. The summed E-state index contributed by atoms with van der Waals surface area (Å²) >= 11 is 0. The lowest BCUT2D eigenvalue weighted by Crippen LogP contribution is -2.36. The van der Waals surface area contributed by atoms with Crippen molar-refractivity contribution in [2.75, 3.05) is 11.5 Å². The van der Waals surface area contributed by atoms with Crippen LogP contribution in [-0.2, 0) is 6.42 Å². The molecule has 0 fully saturated rings. The highest BCUT2D eigenvalue weighted by Crippen LogP contribution is 2.36. The lowest BCUT2D eigenvalue weighted by atomic mass is 10.1. The molecule has 0 aliphatic heterocycles. The van der Waals surface area contributed by atoms with Crippen LogP contribution >= 0.6 is 0 Å². The molecule has 0 saturated heterocycles. The van der Waals surface area contributed by atoms with Crippen molar-refractivity contribution in [3.63, 3.8) is 0 Å². The molecular weight excluding hydrogens is 260 g/mol. The van der Waals surface area contributed by atoms with Crippen molar-refractivity contribution >= 4 is 11.4 Å². The van der Waals surface area contributed by atoms with Gasteiger partial charge in [0.25, 0.3) is 0 Å². The van der Waals surface area contributed by atoms with Gasteiger partial charge in [-0.15, -0.1) is 0 Å². The molecule has 0 spiro atoms. The topological polar surface area (TPSA) is 38.5 Å². The molecule has 3 nitrogen and oxygen atoms in total. The molecule has 0 aliphatic rings. The number of ether oxygens (including phenoxy) is 1. The Morgan fingerprint density at radius 2 is 1.62 bits per heavy atom. The first-order valence-electron chi connectivity index (χ1n) is 7.53. The van der Waals surface area contributed by atoms with E-state index >= 15 is 0 Å². The van der Waals surface area contributed by atoms with Gasteiger partial charge in [0.2, 0.25) is 0 Å². The zero-order valence-corrected chi connectivity index (χ0v) is 13.0. The SMILES string of the molecule is CCOc1ccccc1N(c1ccccc1CC)C(C)N. The van der Waals surface area contributed by atoms with Crippen LogP contribution in [0.5, 0.6) is 5.75 Å². The maximum Gasteiger partial charge on any atom is 0.142 e. The number of benzene rings is 2. The van der Waals surface area contributed by atoms with Crippen LogP contribution in [0.2, 0.25) is 0 Å². The second kappa shape index (κ2) is 7.14. The molecule has 21 heavy (non-hydrogen) atoms. The van der Waals surface area contributed by atoms with Crippen LogP contribution in [0.4, 0.5) is 11.4 Å². The minimum absolute atomic E-state index is 0.140. The average molecular weight is 284 g/mol. The smallest absolute Gasteiger partial charge is 0.142 e. The molecule has 0 radical (unpaired) electrons. The van der Waals surface area contributed by atoms with Crippen molar-refractivity contribution in [2.45, 2.75) is 33.4 Å². The van der Waals surface area contributed by atoms with Gasteiger partial charge < -0.3 is 15.4 Å². The van der Waals surface area contributed by atoms with Crippen molar-refractivity contribution in [1.82, 2.24) is 0 Å². The van der Waals surface area contributed by atoms with Crippen LogP contribution in [0.3, 0.4) is 0 Å². The number of hydrogen-bond donors (Lipinski definition) is 1. The van der Waals surface area contributed by atoms with Crippen LogP contribution in [0, 0.1) is 0 Å². The molecule has 0 bridgehead atoms. The summed E-state index contributed by atoms with van der Waals surface area (Å²) in [5.74, 6) is 0.864. The summed E-state index contributed by atoms with van der Waals surface area (Å²) in [5.41, 5.74) is 9.69. The van der Waals surface area contributed by atoms with Crippen LogP contribution < -0.4 is 15.4 Å². The number of hydrogen-bond acceptors (Lipinski definition) is 3. The summed E-state index contributed by atoms with van der Waals surface area (Å²) in [4.78, 5) is 2.14. The second-order valence-corrected chi connectivity index (χ2v) is 4.99. The standard InChI is InChI=1S/C18H24N2O/c1-4-15-10-6-7-11-16(15)20(14(3)19)17-12-8-9-13-18(17)21-5-2/h6-14H,4-5,19H2,1-3H3. The van der Waals surface area contributed by atoms with E-state index in [4.69, 9.17) is 10.5 Å². The molecule has 0 amide bonds. The summed E-state index contributed by atoms with van der Waals surface area (Å²) in [6.07, 6.45) is 0.829. The van der Waals surface area contributed by atoms with Crippen LogP contribution in [0.1, 0.15) is 26.3 Å². The van der Waals surface area contributed by atoms with Gasteiger partial charge in [-0.1, -0.05) is 37.3 Å². The maximum atomic E-state index is 6.26. The van der Waals surface area contributed by atoms with E-state index in [0.29, 0.717) is 6.61 Å². The van der Waals surface area contributed by atoms with Gasteiger partial charge in [0, 0.05) is 5.69 Å². The molecule has 0 aromatic heterocycles. The Morgan fingerprint density at radius 1 is 1.00 bits per heavy atom. The van der Waals surface area contributed by atoms with Gasteiger partial charge in [-0.25, -0.2) is 0 Å². The van der Waals surface area contributed by atoms with Crippen molar-refractivity contribution in [2.24, 2.45) is 5.73 Å². The largest absolute Gasteiger partial charge is 0.492 e. The van der Waals surface area contributed by atoms with Gasteiger partial charge in [-0.3, -0.25) is 0 Å². The van der Waals surface area contributed by atoms with E-state index in [1.165, 1.54) is 5.56 Å². The normalized spacial score (nSPS) is 12.0. The van der Waals surface area contributed by atoms with Gasteiger partial charge in [0.15, 0.2) is 0 Å². The summed E-state index contributed by atoms with van der Waals surface area (Å²) in [6, 6.07) is 16.4. The minimum Gasteiger partial charge on any atom is -0.492 e. The Bertz CT molecular complexity index is 581. The summed E-state index contributed by atoms with van der Waals surface area (Å²) in [6.45, 7) is 6.79. The zero-order valence-electron chi connectivity index (χ0n) is 13.0. The van der Waals surface area contributed by atoms with Crippen LogP contribution in [-0.4, -0.2) is 12.8 Å². The predicted octanol–water partition coefficient (Wildman–Crippen LogP) is 4.09. The Balaban J connectivity index is 2.54. The molecule has 112 valence electrons. The Hall–Kier alpha value is -2.00. The fourth-order valence-corrected chi connectivity index (χ4v) is 2.55. The fraction of sp³-hybridized carbons (Fsp3) is 0.333. The van der Waals surface area contributed by atoms with E-state index in [0.717, 1.165) is 23.5 Å².